The average Bonchev–Trinajstić information content (AvgIpc) is 3.47. The van der Waals surface area contributed by atoms with Gasteiger partial charge in [0.2, 0.25) is 0 Å². The fourth-order valence-corrected chi connectivity index (χ4v) is 2.97. The standard InChI is InChI=1S/3C9H13.Sc/c3*1-2-3-6-9-7-4-5-8-9;/h3*4,7H,2-3,5-6H2,1H3;/q3*-1;+3. The van der Waals surface area contributed by atoms with E-state index in [1.54, 1.807) is 0 Å². The Kier molecular flexibility index (Phi) is 19.1. The summed E-state index contributed by atoms with van der Waals surface area (Å²) < 4.78 is 0. The van der Waals surface area contributed by atoms with Gasteiger partial charge in [0.05, 0.1) is 0 Å². The maximum absolute atomic E-state index is 3.30. The SMILES string of the molecule is CCCCC1=[C-]CC=C1.CCCCC1=[C-]CC=C1.CCCCC1=[C-]CC=C1.[Sc+3]. The zero-order valence-corrected chi connectivity index (χ0v) is 20.3. The van der Waals surface area contributed by atoms with Gasteiger partial charge in [-0.25, -0.2) is 34.9 Å². The Morgan fingerprint density at radius 1 is 0.571 bits per heavy atom. The maximum atomic E-state index is 3.30. The number of allylic oxidation sites excluding steroid dienone is 12. The van der Waals surface area contributed by atoms with Gasteiger partial charge >= 0.3 is 25.8 Å². The first-order chi connectivity index (χ1) is 13.3. The van der Waals surface area contributed by atoms with Gasteiger partial charge in [-0.3, -0.25) is 18.2 Å². The zero-order valence-electron chi connectivity index (χ0n) is 18.5. The molecular weight excluding hydrogens is 369 g/mol. The minimum atomic E-state index is 0. The summed E-state index contributed by atoms with van der Waals surface area (Å²) in [6.07, 6.45) is 37.6. The first-order valence-electron chi connectivity index (χ1n) is 11.1. The van der Waals surface area contributed by atoms with Crippen LogP contribution in [0.2, 0.25) is 0 Å². The molecule has 1 heteroatoms. The molecule has 0 spiro atoms. The zero-order chi connectivity index (χ0) is 19.6. The third kappa shape index (κ3) is 14.3. The molecule has 0 aliphatic heterocycles. The molecule has 0 aromatic heterocycles. The van der Waals surface area contributed by atoms with Crippen LogP contribution >= 0.6 is 0 Å². The van der Waals surface area contributed by atoms with Crippen molar-refractivity contribution in [2.24, 2.45) is 0 Å². The molecule has 0 unspecified atom stereocenters. The Balaban J connectivity index is 0.000000384. The molecule has 0 fully saturated rings. The molecule has 28 heavy (non-hydrogen) atoms. The third-order valence-corrected chi connectivity index (χ3v) is 4.70. The second-order valence-electron chi connectivity index (χ2n) is 7.24. The predicted molar refractivity (Wildman–Crippen MR) is 120 cm³/mol. The first-order valence-corrected chi connectivity index (χ1v) is 11.1. The van der Waals surface area contributed by atoms with Gasteiger partial charge in [0.25, 0.3) is 0 Å². The molecule has 0 atom stereocenters. The van der Waals surface area contributed by atoms with Crippen LogP contribution in [0.4, 0.5) is 0 Å². The van der Waals surface area contributed by atoms with Crippen LogP contribution in [0.25, 0.3) is 0 Å². The summed E-state index contributed by atoms with van der Waals surface area (Å²) in [5.74, 6) is 0. The van der Waals surface area contributed by atoms with E-state index in [0.29, 0.717) is 0 Å². The molecule has 0 heterocycles. The number of unbranched alkanes of at least 4 members (excludes halogenated alkanes) is 3. The van der Waals surface area contributed by atoms with E-state index >= 15 is 0 Å². The van der Waals surface area contributed by atoms with Gasteiger partial charge in [-0.15, -0.1) is 19.3 Å². The third-order valence-electron chi connectivity index (χ3n) is 4.70. The Hall–Kier alpha value is -0.690. The average molecular weight is 409 g/mol. The van der Waals surface area contributed by atoms with Crippen molar-refractivity contribution in [3.63, 3.8) is 0 Å². The molecule has 3 aliphatic carbocycles. The number of hydrogen-bond donors (Lipinski definition) is 0. The van der Waals surface area contributed by atoms with Crippen molar-refractivity contribution in [2.75, 3.05) is 0 Å². The van der Waals surface area contributed by atoms with Crippen molar-refractivity contribution in [1.29, 1.82) is 0 Å². The molecule has 0 aromatic carbocycles. The maximum Gasteiger partial charge on any atom is 3.00 e. The van der Waals surface area contributed by atoms with Crippen molar-refractivity contribution in [3.05, 3.63) is 71.4 Å². The van der Waals surface area contributed by atoms with E-state index in [0.717, 1.165) is 19.3 Å². The van der Waals surface area contributed by atoms with E-state index in [2.05, 4.69) is 75.5 Å². The summed E-state index contributed by atoms with van der Waals surface area (Å²) in [5, 5.41) is 0. The van der Waals surface area contributed by atoms with Crippen LogP contribution in [-0.4, -0.2) is 0 Å². The van der Waals surface area contributed by atoms with E-state index in [9.17, 15) is 0 Å². The largest absolute Gasteiger partial charge is 3.00 e. The van der Waals surface area contributed by atoms with E-state index in [1.165, 1.54) is 74.5 Å². The summed E-state index contributed by atoms with van der Waals surface area (Å²) in [7, 11) is 0. The van der Waals surface area contributed by atoms with Crippen molar-refractivity contribution >= 4 is 0 Å². The van der Waals surface area contributed by atoms with Crippen molar-refractivity contribution < 1.29 is 25.8 Å². The van der Waals surface area contributed by atoms with Crippen LogP contribution in [0.5, 0.6) is 0 Å². The number of hydrogen-bond acceptors (Lipinski definition) is 0. The molecule has 0 amide bonds. The first kappa shape index (κ1) is 27.3. The van der Waals surface area contributed by atoms with Gasteiger partial charge in [-0.05, 0) is 0 Å². The van der Waals surface area contributed by atoms with Gasteiger partial charge in [-0.2, -0.15) is 18.2 Å². The van der Waals surface area contributed by atoms with Gasteiger partial charge in [0.15, 0.2) is 0 Å². The van der Waals surface area contributed by atoms with Crippen LogP contribution in [-0.2, 0) is 25.8 Å². The molecule has 0 N–H and O–H groups in total. The van der Waals surface area contributed by atoms with E-state index in [1.807, 2.05) is 0 Å². The molecule has 150 valence electrons. The second-order valence-corrected chi connectivity index (χ2v) is 7.24. The van der Waals surface area contributed by atoms with Crippen LogP contribution < -0.4 is 0 Å². The minimum Gasteiger partial charge on any atom is -0.269 e. The fraction of sp³-hybridized carbons (Fsp3) is 0.556. The predicted octanol–water partition coefficient (Wildman–Crippen LogP) is 8.60. The van der Waals surface area contributed by atoms with E-state index < -0.39 is 0 Å². The summed E-state index contributed by atoms with van der Waals surface area (Å²) in [6, 6.07) is 0. The van der Waals surface area contributed by atoms with E-state index in [4.69, 9.17) is 0 Å². The summed E-state index contributed by atoms with van der Waals surface area (Å²) in [5.41, 5.74) is 4.24. The van der Waals surface area contributed by atoms with Crippen LogP contribution in [0.3, 0.4) is 0 Å². The molecule has 0 nitrogen and oxygen atoms in total. The fourth-order valence-electron chi connectivity index (χ4n) is 2.97. The van der Waals surface area contributed by atoms with Crippen molar-refractivity contribution in [3.8, 4) is 0 Å². The minimum absolute atomic E-state index is 0. The van der Waals surface area contributed by atoms with Crippen molar-refractivity contribution in [1.82, 2.24) is 0 Å². The van der Waals surface area contributed by atoms with Crippen LogP contribution in [0.1, 0.15) is 97.8 Å². The van der Waals surface area contributed by atoms with Crippen LogP contribution in [0.15, 0.2) is 53.2 Å². The van der Waals surface area contributed by atoms with Crippen molar-refractivity contribution in [2.45, 2.75) is 97.8 Å². The Labute approximate surface area is 194 Å². The van der Waals surface area contributed by atoms with Crippen LogP contribution in [0, 0.1) is 18.2 Å². The quantitative estimate of drug-likeness (QED) is 0.335. The molecule has 0 aromatic rings. The molecule has 3 rings (SSSR count). The number of rotatable bonds is 9. The van der Waals surface area contributed by atoms with Gasteiger partial charge in [-0.1, -0.05) is 78.6 Å². The summed E-state index contributed by atoms with van der Waals surface area (Å²) >= 11 is 0. The van der Waals surface area contributed by atoms with Gasteiger partial charge < -0.3 is 0 Å². The Morgan fingerprint density at radius 3 is 1.04 bits per heavy atom. The second kappa shape index (κ2) is 19.6. The molecule has 0 radical (unpaired) electrons. The van der Waals surface area contributed by atoms with Gasteiger partial charge in [0.1, 0.15) is 0 Å². The molecule has 0 saturated carbocycles. The molecular formula is C27H39Sc. The van der Waals surface area contributed by atoms with E-state index in [-0.39, 0.29) is 25.8 Å². The molecule has 0 bridgehead atoms. The normalized spacial score (nSPS) is 15.8. The Bertz CT molecular complexity index is 474. The summed E-state index contributed by atoms with van der Waals surface area (Å²) in [6.45, 7) is 6.66. The smallest absolute Gasteiger partial charge is 0.269 e. The van der Waals surface area contributed by atoms with Gasteiger partial charge in [0, 0.05) is 0 Å². The topological polar surface area (TPSA) is 0 Å². The molecule has 3 aliphatic rings. The molecule has 0 saturated heterocycles. The summed E-state index contributed by atoms with van der Waals surface area (Å²) in [4.78, 5) is 0. The monoisotopic (exact) mass is 408 g/mol. The Morgan fingerprint density at radius 2 is 0.857 bits per heavy atom.